The van der Waals surface area contributed by atoms with E-state index in [1.165, 1.54) is 10.4 Å². The van der Waals surface area contributed by atoms with E-state index in [1.54, 1.807) is 18.2 Å². The number of rotatable bonds is 6. The molecule has 0 spiro atoms. The first-order chi connectivity index (χ1) is 13.0. The van der Waals surface area contributed by atoms with Crippen LogP contribution in [0.5, 0.6) is 0 Å². The Bertz CT molecular complexity index is 878. The molecule has 7 heteroatoms. The summed E-state index contributed by atoms with van der Waals surface area (Å²) in [4.78, 5) is 12.6. The number of nitrogens with zero attached hydrogens (tertiary/aromatic N) is 1. The van der Waals surface area contributed by atoms with Gasteiger partial charge in [-0.05, 0) is 29.7 Å². The topological polar surface area (TPSA) is 75.7 Å². The number of carbonyl (C=O) groups excluding carboxylic acids is 1. The second-order valence-corrected chi connectivity index (χ2v) is 8.55. The first-order valence-electron chi connectivity index (χ1n) is 8.99. The largest absolute Gasteiger partial charge is 0.379 e. The van der Waals surface area contributed by atoms with Crippen LogP contribution >= 0.6 is 0 Å². The van der Waals surface area contributed by atoms with E-state index in [9.17, 15) is 13.2 Å². The summed E-state index contributed by atoms with van der Waals surface area (Å²) >= 11 is 0. The van der Waals surface area contributed by atoms with Crippen molar-refractivity contribution < 1.29 is 17.9 Å². The number of anilines is 1. The molecule has 1 N–H and O–H groups in total. The molecule has 1 atom stereocenters. The fourth-order valence-electron chi connectivity index (χ4n) is 3.06. The van der Waals surface area contributed by atoms with E-state index in [1.807, 2.05) is 37.3 Å². The van der Waals surface area contributed by atoms with E-state index >= 15 is 0 Å². The Morgan fingerprint density at radius 2 is 1.81 bits per heavy atom. The fourth-order valence-corrected chi connectivity index (χ4v) is 4.51. The molecule has 0 bridgehead atoms. The summed E-state index contributed by atoms with van der Waals surface area (Å²) < 4.78 is 32.1. The molecule has 1 fully saturated rings. The summed E-state index contributed by atoms with van der Waals surface area (Å²) in [5.41, 5.74) is 1.57. The first kappa shape index (κ1) is 19.5. The van der Waals surface area contributed by atoms with Crippen LogP contribution in [0.25, 0.3) is 0 Å². The van der Waals surface area contributed by atoms with Gasteiger partial charge in [0.1, 0.15) is 0 Å². The Balaban J connectivity index is 1.67. The molecule has 144 valence electrons. The molecule has 0 saturated carbocycles. The molecular weight excluding hydrogens is 364 g/mol. The average molecular weight is 388 g/mol. The smallest absolute Gasteiger partial charge is 0.243 e. The molecule has 1 aliphatic rings. The molecule has 3 rings (SSSR count). The third-order valence-electron chi connectivity index (χ3n) is 4.59. The van der Waals surface area contributed by atoms with Gasteiger partial charge in [-0.2, -0.15) is 4.31 Å². The lowest BCUT2D eigenvalue weighted by Gasteiger charge is -2.26. The normalized spacial score (nSPS) is 16.6. The van der Waals surface area contributed by atoms with Crippen molar-refractivity contribution >= 4 is 21.6 Å². The minimum absolute atomic E-state index is 0.0754. The highest BCUT2D eigenvalue weighted by Gasteiger charge is 2.26. The lowest BCUT2D eigenvalue weighted by atomic mass is 9.97. The Morgan fingerprint density at radius 3 is 2.52 bits per heavy atom. The number of carbonyl (C=O) groups is 1. The minimum Gasteiger partial charge on any atom is -0.379 e. The molecule has 1 aliphatic heterocycles. The van der Waals surface area contributed by atoms with Gasteiger partial charge >= 0.3 is 0 Å². The standard InChI is InChI=1S/C20H24N2O4S/c1-16(17-6-3-2-4-7-17)14-20(23)21-18-8-5-9-19(15-18)27(24,25)22-10-12-26-13-11-22/h2-9,15-16H,10-14H2,1H3,(H,21,23)/t16-/m1/s1. The number of morpholine rings is 1. The van der Waals surface area contributed by atoms with Crippen LogP contribution in [0.2, 0.25) is 0 Å². The van der Waals surface area contributed by atoms with E-state index in [0.29, 0.717) is 38.4 Å². The predicted octanol–water partition coefficient (Wildman–Crippen LogP) is 2.84. The summed E-state index contributed by atoms with van der Waals surface area (Å²) in [6.07, 6.45) is 0.324. The lowest BCUT2D eigenvalue weighted by molar-refractivity contribution is -0.116. The van der Waals surface area contributed by atoms with Gasteiger partial charge in [0, 0.05) is 25.2 Å². The van der Waals surface area contributed by atoms with Gasteiger partial charge in [0.25, 0.3) is 0 Å². The van der Waals surface area contributed by atoms with Crippen molar-refractivity contribution in [3.8, 4) is 0 Å². The maximum atomic E-state index is 12.7. The van der Waals surface area contributed by atoms with E-state index in [0.717, 1.165) is 5.56 Å². The summed E-state index contributed by atoms with van der Waals surface area (Å²) in [5.74, 6) is -0.0706. The zero-order valence-corrected chi connectivity index (χ0v) is 16.1. The maximum Gasteiger partial charge on any atom is 0.243 e. The summed E-state index contributed by atoms with van der Waals surface area (Å²) in [6.45, 7) is 3.47. The number of hydrogen-bond donors (Lipinski definition) is 1. The second-order valence-electron chi connectivity index (χ2n) is 6.61. The summed E-state index contributed by atoms with van der Waals surface area (Å²) in [5, 5.41) is 2.81. The van der Waals surface area contributed by atoms with Crippen molar-refractivity contribution in [1.82, 2.24) is 4.31 Å². The van der Waals surface area contributed by atoms with Crippen molar-refractivity contribution in [3.63, 3.8) is 0 Å². The summed E-state index contributed by atoms with van der Waals surface area (Å²) in [7, 11) is -3.58. The van der Waals surface area contributed by atoms with Crippen LogP contribution < -0.4 is 5.32 Å². The van der Waals surface area contributed by atoms with E-state index in [4.69, 9.17) is 4.74 Å². The maximum absolute atomic E-state index is 12.7. The Morgan fingerprint density at radius 1 is 1.11 bits per heavy atom. The number of hydrogen-bond acceptors (Lipinski definition) is 4. The van der Waals surface area contributed by atoms with Crippen LogP contribution in [0, 0.1) is 0 Å². The molecule has 0 aromatic heterocycles. The van der Waals surface area contributed by atoms with Gasteiger partial charge in [-0.25, -0.2) is 8.42 Å². The van der Waals surface area contributed by atoms with Crippen LogP contribution in [0.4, 0.5) is 5.69 Å². The van der Waals surface area contributed by atoms with Crippen molar-refractivity contribution in [1.29, 1.82) is 0 Å². The quantitative estimate of drug-likeness (QED) is 0.826. The third kappa shape index (κ3) is 4.94. The molecule has 0 aliphatic carbocycles. The highest BCUT2D eigenvalue weighted by atomic mass is 32.2. The van der Waals surface area contributed by atoms with Crippen LogP contribution in [-0.2, 0) is 19.6 Å². The third-order valence-corrected chi connectivity index (χ3v) is 6.48. The van der Waals surface area contributed by atoms with Gasteiger partial charge in [0.15, 0.2) is 0 Å². The van der Waals surface area contributed by atoms with Gasteiger partial charge in [-0.15, -0.1) is 0 Å². The fraction of sp³-hybridized carbons (Fsp3) is 0.350. The van der Waals surface area contributed by atoms with Crippen LogP contribution in [-0.4, -0.2) is 44.9 Å². The minimum atomic E-state index is -3.58. The number of benzene rings is 2. The molecule has 0 radical (unpaired) electrons. The zero-order chi connectivity index (χ0) is 19.3. The highest BCUT2D eigenvalue weighted by molar-refractivity contribution is 7.89. The predicted molar refractivity (Wildman–Crippen MR) is 104 cm³/mol. The number of amides is 1. The monoisotopic (exact) mass is 388 g/mol. The summed E-state index contributed by atoms with van der Waals surface area (Å²) in [6, 6.07) is 16.2. The van der Waals surface area contributed by atoms with Crippen molar-refractivity contribution in [2.75, 3.05) is 31.6 Å². The first-order valence-corrected chi connectivity index (χ1v) is 10.4. The SMILES string of the molecule is C[C@H](CC(=O)Nc1cccc(S(=O)(=O)N2CCOCC2)c1)c1ccccc1. The van der Waals surface area contributed by atoms with Gasteiger partial charge in [-0.3, -0.25) is 4.79 Å². The molecule has 6 nitrogen and oxygen atoms in total. The molecule has 0 unspecified atom stereocenters. The van der Waals surface area contributed by atoms with E-state index < -0.39 is 10.0 Å². The van der Waals surface area contributed by atoms with Crippen LogP contribution in [0.3, 0.4) is 0 Å². The van der Waals surface area contributed by atoms with Gasteiger partial charge in [-0.1, -0.05) is 43.3 Å². The lowest BCUT2D eigenvalue weighted by Crippen LogP contribution is -2.40. The molecule has 1 amide bonds. The second kappa shape index (κ2) is 8.65. The zero-order valence-electron chi connectivity index (χ0n) is 15.3. The molecule has 1 heterocycles. The molecule has 27 heavy (non-hydrogen) atoms. The van der Waals surface area contributed by atoms with Crippen molar-refractivity contribution in [3.05, 3.63) is 60.2 Å². The van der Waals surface area contributed by atoms with Crippen LogP contribution in [0.15, 0.2) is 59.5 Å². The Hall–Kier alpha value is -2.22. The van der Waals surface area contributed by atoms with Gasteiger partial charge in [0.05, 0.1) is 18.1 Å². The van der Waals surface area contributed by atoms with Crippen LogP contribution in [0.1, 0.15) is 24.8 Å². The number of ether oxygens (including phenoxy) is 1. The molecular formula is C20H24N2O4S. The average Bonchev–Trinajstić information content (AvgIpc) is 2.69. The van der Waals surface area contributed by atoms with Gasteiger partial charge < -0.3 is 10.1 Å². The molecule has 2 aromatic carbocycles. The van der Waals surface area contributed by atoms with Gasteiger partial charge in [0.2, 0.25) is 15.9 Å². The van der Waals surface area contributed by atoms with E-state index in [-0.39, 0.29) is 16.7 Å². The van der Waals surface area contributed by atoms with Crippen molar-refractivity contribution in [2.24, 2.45) is 0 Å². The highest BCUT2D eigenvalue weighted by Crippen LogP contribution is 2.22. The molecule has 1 saturated heterocycles. The number of sulfonamides is 1. The Labute approximate surface area is 160 Å². The number of nitrogens with one attached hydrogen (secondary N) is 1. The molecule has 2 aromatic rings. The van der Waals surface area contributed by atoms with E-state index in [2.05, 4.69) is 5.32 Å². The Kier molecular flexibility index (Phi) is 6.26. The van der Waals surface area contributed by atoms with Crippen molar-refractivity contribution in [2.45, 2.75) is 24.2 Å².